The first-order chi connectivity index (χ1) is 8.18. The first kappa shape index (κ1) is 11.7. The highest BCUT2D eigenvalue weighted by molar-refractivity contribution is 7.91. The van der Waals surface area contributed by atoms with Gasteiger partial charge in [-0.15, -0.1) is 11.3 Å². The molecule has 3 nitrogen and oxygen atoms in total. The Morgan fingerprint density at radius 3 is 2.47 bits per heavy atom. The summed E-state index contributed by atoms with van der Waals surface area (Å²) >= 11 is 1.16. The van der Waals surface area contributed by atoms with Crippen LogP contribution in [0.5, 0.6) is 0 Å². The molecule has 0 aliphatic rings. The Labute approximate surface area is 104 Å². The van der Waals surface area contributed by atoms with Crippen molar-refractivity contribution in [3.05, 3.63) is 53.4 Å². The predicted molar refractivity (Wildman–Crippen MR) is 68.0 cm³/mol. The van der Waals surface area contributed by atoms with E-state index in [0.29, 0.717) is 0 Å². The second-order valence-corrected chi connectivity index (χ2v) is 6.01. The topological polar surface area (TPSA) is 46.2 Å². The van der Waals surface area contributed by atoms with E-state index in [1.54, 1.807) is 11.4 Å². The molecule has 1 heterocycles. The van der Waals surface area contributed by atoms with Gasteiger partial charge in [0.2, 0.25) is 0 Å². The lowest BCUT2D eigenvalue weighted by molar-refractivity contribution is 0.594. The van der Waals surface area contributed by atoms with Crippen LogP contribution in [0.1, 0.15) is 5.56 Å². The van der Waals surface area contributed by atoms with Gasteiger partial charge in [0, 0.05) is 11.6 Å². The minimum atomic E-state index is -3.49. The number of nitrogens with one attached hydrogen (secondary N) is 1. The van der Waals surface area contributed by atoms with Gasteiger partial charge in [-0.1, -0.05) is 24.3 Å². The maximum Gasteiger partial charge on any atom is 0.278 e. The molecule has 0 aliphatic heterocycles. The summed E-state index contributed by atoms with van der Waals surface area (Å²) in [5.74, 6) is 2.73. The number of thiophene rings is 1. The van der Waals surface area contributed by atoms with Crippen molar-refractivity contribution in [2.75, 3.05) is 0 Å². The Bertz CT molecular complexity index is 635. The normalized spacial score (nSPS) is 10.4. The summed E-state index contributed by atoms with van der Waals surface area (Å²) in [7, 11) is -3.49. The van der Waals surface area contributed by atoms with Gasteiger partial charge in [0.25, 0.3) is 10.0 Å². The molecule has 0 atom stereocenters. The van der Waals surface area contributed by atoms with Gasteiger partial charge in [-0.05, 0) is 29.5 Å². The van der Waals surface area contributed by atoms with Crippen LogP contribution in [0, 0.1) is 12.0 Å². The molecule has 1 N–H and O–H groups in total. The van der Waals surface area contributed by atoms with Crippen molar-refractivity contribution in [2.24, 2.45) is 0 Å². The number of hydrogen-bond donors (Lipinski definition) is 1. The van der Waals surface area contributed by atoms with E-state index >= 15 is 0 Å². The second-order valence-electron chi connectivity index (χ2n) is 3.15. The average molecular weight is 263 g/mol. The number of hydrogen-bond acceptors (Lipinski definition) is 3. The fourth-order valence-corrected chi connectivity index (χ4v) is 2.94. The molecule has 0 saturated heterocycles. The smallest absolute Gasteiger partial charge is 0.237 e. The third kappa shape index (κ3) is 3.09. The Morgan fingerprint density at radius 1 is 1.06 bits per heavy atom. The summed E-state index contributed by atoms with van der Waals surface area (Å²) in [5, 5.41) is 1.71. The molecule has 0 unspecified atom stereocenters. The third-order valence-corrected chi connectivity index (χ3v) is 4.57. The van der Waals surface area contributed by atoms with E-state index < -0.39 is 10.0 Å². The van der Waals surface area contributed by atoms with Gasteiger partial charge in [-0.2, -0.15) is 8.42 Å². The summed E-state index contributed by atoms with van der Waals surface area (Å²) in [6, 6.07) is 14.9. The minimum absolute atomic E-state index is 0.264. The van der Waals surface area contributed by atoms with Gasteiger partial charge in [0.1, 0.15) is 4.21 Å². The van der Waals surface area contributed by atoms with Gasteiger partial charge in [0.15, 0.2) is 0 Å². The highest BCUT2D eigenvalue weighted by Gasteiger charge is 2.12. The van der Waals surface area contributed by atoms with Crippen molar-refractivity contribution in [3.8, 4) is 12.0 Å². The molecule has 2 rings (SSSR count). The van der Waals surface area contributed by atoms with Crippen LogP contribution in [0.3, 0.4) is 0 Å². The summed E-state index contributed by atoms with van der Waals surface area (Å²) in [6.07, 6.45) is 0. The fourth-order valence-electron chi connectivity index (χ4n) is 1.15. The quantitative estimate of drug-likeness (QED) is 0.665. The van der Waals surface area contributed by atoms with Crippen LogP contribution < -0.4 is 4.72 Å². The highest BCUT2D eigenvalue weighted by atomic mass is 32.2. The molecule has 0 aliphatic carbocycles. The molecular weight excluding hydrogens is 254 g/mol. The Kier molecular flexibility index (Phi) is 3.47. The number of sulfonamides is 1. The van der Waals surface area contributed by atoms with E-state index in [4.69, 9.17) is 0 Å². The van der Waals surface area contributed by atoms with Gasteiger partial charge in [0.05, 0.1) is 0 Å². The largest absolute Gasteiger partial charge is 0.278 e. The average Bonchev–Trinajstić information content (AvgIpc) is 2.84. The molecule has 2 aromatic rings. The van der Waals surface area contributed by atoms with Gasteiger partial charge in [-0.3, -0.25) is 0 Å². The third-order valence-electron chi connectivity index (χ3n) is 1.93. The van der Waals surface area contributed by atoms with Gasteiger partial charge >= 0.3 is 0 Å². The maximum atomic E-state index is 11.7. The standard InChI is InChI=1S/C12H9NO2S2/c14-17(15,12-7-4-10-16-12)13-9-8-11-5-2-1-3-6-11/h1-7,10,13H. The van der Waals surface area contributed by atoms with Crippen LogP contribution in [0.25, 0.3) is 0 Å². The monoisotopic (exact) mass is 263 g/mol. The SMILES string of the molecule is O=S(=O)(NC#Cc1ccccc1)c1cccs1. The molecule has 0 radical (unpaired) electrons. The molecule has 0 saturated carbocycles. The molecule has 0 spiro atoms. The zero-order chi connectivity index (χ0) is 12.1. The Balaban J connectivity index is 2.12. The molecule has 86 valence electrons. The molecule has 1 aromatic carbocycles. The van der Waals surface area contributed by atoms with Crippen LogP contribution in [0.15, 0.2) is 52.1 Å². The predicted octanol–water partition coefficient (Wildman–Crippen LogP) is 2.04. The van der Waals surface area contributed by atoms with Crippen molar-refractivity contribution in [1.82, 2.24) is 4.72 Å². The van der Waals surface area contributed by atoms with E-state index in [-0.39, 0.29) is 4.21 Å². The zero-order valence-electron chi connectivity index (χ0n) is 8.75. The summed E-state index contributed by atoms with van der Waals surface area (Å²) < 4.78 is 25.9. The first-order valence-corrected chi connectivity index (χ1v) is 7.16. The lowest BCUT2D eigenvalue weighted by Gasteiger charge is -1.96. The molecule has 0 bridgehead atoms. The minimum Gasteiger partial charge on any atom is -0.237 e. The van der Waals surface area contributed by atoms with Crippen molar-refractivity contribution in [3.63, 3.8) is 0 Å². The summed E-state index contributed by atoms with van der Waals surface area (Å²) in [4.78, 5) is 0. The van der Waals surface area contributed by atoms with Crippen molar-refractivity contribution >= 4 is 21.4 Å². The molecule has 1 aromatic heterocycles. The van der Waals surface area contributed by atoms with E-state index in [1.165, 1.54) is 6.07 Å². The second kappa shape index (κ2) is 5.04. The van der Waals surface area contributed by atoms with Crippen LogP contribution in [-0.4, -0.2) is 8.42 Å². The summed E-state index contributed by atoms with van der Waals surface area (Å²) in [6.45, 7) is 0. The van der Waals surface area contributed by atoms with Crippen LogP contribution >= 0.6 is 11.3 Å². The van der Waals surface area contributed by atoms with Crippen LogP contribution in [0.4, 0.5) is 0 Å². The maximum absolute atomic E-state index is 11.7. The lowest BCUT2D eigenvalue weighted by Crippen LogP contribution is -2.17. The van der Waals surface area contributed by atoms with E-state index in [2.05, 4.69) is 16.7 Å². The van der Waals surface area contributed by atoms with Crippen LogP contribution in [0.2, 0.25) is 0 Å². The summed E-state index contributed by atoms with van der Waals surface area (Å²) in [5.41, 5.74) is 0.765. The van der Waals surface area contributed by atoms with Crippen molar-refractivity contribution in [1.29, 1.82) is 0 Å². The lowest BCUT2D eigenvalue weighted by atomic mass is 10.2. The molecular formula is C12H9NO2S2. The van der Waals surface area contributed by atoms with E-state index in [9.17, 15) is 8.42 Å². The van der Waals surface area contributed by atoms with Gasteiger partial charge in [-0.25, -0.2) is 4.72 Å². The number of benzene rings is 1. The Morgan fingerprint density at radius 2 is 1.82 bits per heavy atom. The molecule has 0 amide bonds. The van der Waals surface area contributed by atoms with Crippen molar-refractivity contribution < 1.29 is 8.42 Å². The molecule has 5 heteroatoms. The van der Waals surface area contributed by atoms with Crippen molar-refractivity contribution in [2.45, 2.75) is 4.21 Å². The first-order valence-electron chi connectivity index (χ1n) is 4.80. The van der Waals surface area contributed by atoms with Gasteiger partial charge < -0.3 is 0 Å². The Hall–Kier alpha value is -1.77. The molecule has 0 fully saturated rings. The van der Waals surface area contributed by atoms with E-state index in [1.807, 2.05) is 30.3 Å². The fraction of sp³-hybridized carbons (Fsp3) is 0. The van der Waals surface area contributed by atoms with E-state index in [0.717, 1.165) is 16.9 Å². The number of rotatable bonds is 2. The zero-order valence-corrected chi connectivity index (χ0v) is 10.4. The molecule has 17 heavy (non-hydrogen) atoms. The van der Waals surface area contributed by atoms with Crippen LogP contribution in [-0.2, 0) is 10.0 Å². The highest BCUT2D eigenvalue weighted by Crippen LogP contribution is 2.14.